The Morgan fingerprint density at radius 3 is 2.80 bits per heavy atom. The zero-order valence-electron chi connectivity index (χ0n) is 12.8. The summed E-state index contributed by atoms with van der Waals surface area (Å²) in [4.78, 5) is 17.3. The maximum Gasteiger partial charge on any atom is 0.237 e. The molecular weight excluding hydrogens is 250 g/mol. The number of rotatable bonds is 2. The number of likely N-dealkylation sites (tertiary alicyclic amines) is 1. The number of carbonyl (C=O) groups is 1. The van der Waals surface area contributed by atoms with E-state index in [0.29, 0.717) is 24.5 Å². The first-order valence-electron chi connectivity index (χ1n) is 8.50. The van der Waals surface area contributed by atoms with Gasteiger partial charge in [-0.25, -0.2) is 0 Å². The van der Waals surface area contributed by atoms with Gasteiger partial charge in [0, 0.05) is 38.3 Å². The van der Waals surface area contributed by atoms with E-state index in [-0.39, 0.29) is 0 Å². The SMILES string of the molecule is C[C@H]1CNCCN1CC(=O)N1CCCC2CCCCC21. The van der Waals surface area contributed by atoms with Crippen molar-refractivity contribution >= 4 is 5.91 Å². The van der Waals surface area contributed by atoms with Gasteiger partial charge in [-0.15, -0.1) is 0 Å². The molecule has 4 nitrogen and oxygen atoms in total. The molecule has 0 aromatic carbocycles. The number of hydrogen-bond donors (Lipinski definition) is 1. The van der Waals surface area contributed by atoms with Crippen molar-refractivity contribution in [3.05, 3.63) is 0 Å². The van der Waals surface area contributed by atoms with Crippen LogP contribution in [-0.4, -0.2) is 60.5 Å². The van der Waals surface area contributed by atoms with Crippen LogP contribution in [-0.2, 0) is 4.79 Å². The van der Waals surface area contributed by atoms with E-state index in [0.717, 1.165) is 32.1 Å². The Labute approximate surface area is 122 Å². The molecule has 114 valence electrons. The number of nitrogens with zero attached hydrogens (tertiary/aromatic N) is 2. The van der Waals surface area contributed by atoms with Crippen molar-refractivity contribution in [1.82, 2.24) is 15.1 Å². The Morgan fingerprint density at radius 2 is 1.95 bits per heavy atom. The molecule has 0 bridgehead atoms. The number of nitrogens with one attached hydrogen (secondary N) is 1. The largest absolute Gasteiger partial charge is 0.338 e. The lowest BCUT2D eigenvalue weighted by atomic mass is 9.78. The number of piperazine rings is 1. The molecule has 0 aromatic heterocycles. The standard InChI is InChI=1S/C16H29N3O/c1-13-11-17-8-10-18(13)12-16(20)19-9-4-6-14-5-2-3-7-15(14)19/h13-15,17H,2-12H2,1H3/t13-,14?,15?/m0/s1. The number of carbonyl (C=O) groups excluding carboxylic acids is 1. The summed E-state index contributed by atoms with van der Waals surface area (Å²) in [6.07, 6.45) is 7.83. The highest BCUT2D eigenvalue weighted by Crippen LogP contribution is 2.35. The minimum atomic E-state index is 0.385. The van der Waals surface area contributed by atoms with E-state index >= 15 is 0 Å². The molecule has 0 aromatic rings. The van der Waals surface area contributed by atoms with Crippen molar-refractivity contribution in [3.63, 3.8) is 0 Å². The van der Waals surface area contributed by atoms with Crippen LogP contribution >= 0.6 is 0 Å². The van der Waals surface area contributed by atoms with Crippen molar-refractivity contribution in [2.24, 2.45) is 5.92 Å². The molecule has 3 rings (SSSR count). The summed E-state index contributed by atoms with van der Waals surface area (Å²) in [5, 5.41) is 3.40. The quantitative estimate of drug-likeness (QED) is 0.831. The van der Waals surface area contributed by atoms with Crippen LogP contribution in [0.4, 0.5) is 0 Å². The van der Waals surface area contributed by atoms with Crippen molar-refractivity contribution < 1.29 is 4.79 Å². The first-order chi connectivity index (χ1) is 9.75. The molecule has 0 spiro atoms. The number of fused-ring (bicyclic) bond motifs is 1. The summed E-state index contributed by atoms with van der Waals surface area (Å²) in [7, 11) is 0. The Bertz CT molecular complexity index is 345. The summed E-state index contributed by atoms with van der Waals surface area (Å²) >= 11 is 0. The molecule has 3 fully saturated rings. The van der Waals surface area contributed by atoms with Gasteiger partial charge in [-0.3, -0.25) is 9.69 Å². The molecular formula is C16H29N3O. The third kappa shape index (κ3) is 3.01. The van der Waals surface area contributed by atoms with Crippen LogP contribution < -0.4 is 5.32 Å². The minimum Gasteiger partial charge on any atom is -0.338 e. The molecule has 3 aliphatic rings. The fourth-order valence-electron chi connectivity index (χ4n) is 4.32. The van der Waals surface area contributed by atoms with Gasteiger partial charge in [0.25, 0.3) is 0 Å². The van der Waals surface area contributed by atoms with E-state index in [1.165, 1.54) is 38.5 Å². The molecule has 1 amide bonds. The molecule has 2 aliphatic heterocycles. The lowest BCUT2D eigenvalue weighted by Gasteiger charge is -2.45. The summed E-state index contributed by atoms with van der Waals surface area (Å²) in [5.74, 6) is 1.18. The zero-order chi connectivity index (χ0) is 13.9. The van der Waals surface area contributed by atoms with Crippen molar-refractivity contribution in [3.8, 4) is 0 Å². The normalized spacial score (nSPS) is 35.6. The van der Waals surface area contributed by atoms with Gasteiger partial charge in [0.05, 0.1) is 6.54 Å². The number of hydrogen-bond acceptors (Lipinski definition) is 3. The average Bonchev–Trinajstić information content (AvgIpc) is 2.49. The molecule has 1 saturated carbocycles. The third-order valence-electron chi connectivity index (χ3n) is 5.54. The van der Waals surface area contributed by atoms with Gasteiger partial charge in [0.15, 0.2) is 0 Å². The van der Waals surface area contributed by atoms with Crippen LogP contribution in [0.3, 0.4) is 0 Å². The van der Waals surface area contributed by atoms with E-state index in [2.05, 4.69) is 22.0 Å². The summed E-state index contributed by atoms with van der Waals surface area (Å²) in [5.41, 5.74) is 0. The van der Waals surface area contributed by atoms with Crippen LogP contribution in [0.5, 0.6) is 0 Å². The average molecular weight is 279 g/mol. The lowest BCUT2D eigenvalue weighted by Crippen LogP contribution is -2.56. The molecule has 2 saturated heterocycles. The van der Waals surface area contributed by atoms with E-state index in [4.69, 9.17) is 0 Å². The monoisotopic (exact) mass is 279 g/mol. The predicted octanol–water partition coefficient (Wildman–Crippen LogP) is 1.46. The highest BCUT2D eigenvalue weighted by Gasteiger charge is 2.36. The minimum absolute atomic E-state index is 0.385. The van der Waals surface area contributed by atoms with Gasteiger partial charge in [0.1, 0.15) is 0 Å². The van der Waals surface area contributed by atoms with Gasteiger partial charge in [-0.2, -0.15) is 0 Å². The van der Waals surface area contributed by atoms with Crippen LogP contribution in [0, 0.1) is 5.92 Å². The molecule has 2 unspecified atom stereocenters. The van der Waals surface area contributed by atoms with E-state index in [1.54, 1.807) is 0 Å². The Kier molecular flexibility index (Phi) is 4.61. The zero-order valence-corrected chi connectivity index (χ0v) is 12.8. The van der Waals surface area contributed by atoms with Gasteiger partial charge >= 0.3 is 0 Å². The van der Waals surface area contributed by atoms with E-state index in [9.17, 15) is 4.79 Å². The van der Waals surface area contributed by atoms with Crippen LogP contribution in [0.1, 0.15) is 45.4 Å². The summed E-state index contributed by atoms with van der Waals surface area (Å²) in [6.45, 7) is 6.89. The summed E-state index contributed by atoms with van der Waals surface area (Å²) in [6, 6.07) is 1.04. The van der Waals surface area contributed by atoms with Gasteiger partial charge in [0.2, 0.25) is 5.91 Å². The fraction of sp³-hybridized carbons (Fsp3) is 0.938. The van der Waals surface area contributed by atoms with Gasteiger partial charge in [-0.1, -0.05) is 12.8 Å². The van der Waals surface area contributed by atoms with Crippen molar-refractivity contribution in [2.45, 2.75) is 57.5 Å². The smallest absolute Gasteiger partial charge is 0.237 e. The number of piperidine rings is 1. The van der Waals surface area contributed by atoms with Gasteiger partial charge < -0.3 is 10.2 Å². The van der Waals surface area contributed by atoms with Crippen LogP contribution in [0.2, 0.25) is 0 Å². The van der Waals surface area contributed by atoms with E-state index < -0.39 is 0 Å². The van der Waals surface area contributed by atoms with Gasteiger partial charge in [-0.05, 0) is 38.5 Å². The lowest BCUT2D eigenvalue weighted by molar-refractivity contribution is -0.139. The van der Waals surface area contributed by atoms with Crippen molar-refractivity contribution in [1.29, 1.82) is 0 Å². The Hall–Kier alpha value is -0.610. The maximum atomic E-state index is 12.7. The highest BCUT2D eigenvalue weighted by molar-refractivity contribution is 5.78. The predicted molar refractivity (Wildman–Crippen MR) is 80.6 cm³/mol. The topological polar surface area (TPSA) is 35.6 Å². The summed E-state index contributed by atoms with van der Waals surface area (Å²) < 4.78 is 0. The third-order valence-corrected chi connectivity index (χ3v) is 5.54. The Balaban J connectivity index is 1.60. The Morgan fingerprint density at radius 1 is 1.15 bits per heavy atom. The molecule has 1 N–H and O–H groups in total. The molecule has 0 radical (unpaired) electrons. The van der Waals surface area contributed by atoms with E-state index in [1.807, 2.05) is 0 Å². The fourth-order valence-corrected chi connectivity index (χ4v) is 4.32. The first kappa shape index (κ1) is 14.3. The second-order valence-corrected chi connectivity index (χ2v) is 6.86. The highest BCUT2D eigenvalue weighted by atomic mass is 16.2. The first-order valence-corrected chi connectivity index (χ1v) is 8.50. The second-order valence-electron chi connectivity index (χ2n) is 6.86. The van der Waals surface area contributed by atoms with Crippen LogP contribution in [0.15, 0.2) is 0 Å². The molecule has 1 aliphatic carbocycles. The van der Waals surface area contributed by atoms with Crippen LogP contribution in [0.25, 0.3) is 0 Å². The molecule has 4 heteroatoms. The van der Waals surface area contributed by atoms with Crippen molar-refractivity contribution in [2.75, 3.05) is 32.7 Å². The second kappa shape index (κ2) is 6.44. The molecule has 20 heavy (non-hydrogen) atoms. The number of amides is 1. The maximum absolute atomic E-state index is 12.7. The molecule has 2 heterocycles. The molecule has 3 atom stereocenters.